The van der Waals surface area contributed by atoms with E-state index < -0.39 is 6.23 Å². The van der Waals surface area contributed by atoms with Gasteiger partial charge in [0.25, 0.3) is 0 Å². The molecular formula is C20H25FN2O2. The van der Waals surface area contributed by atoms with E-state index in [-0.39, 0.29) is 11.8 Å². The van der Waals surface area contributed by atoms with Gasteiger partial charge in [0.15, 0.2) is 6.23 Å². The second-order valence-electron chi connectivity index (χ2n) is 6.23. The lowest BCUT2D eigenvalue weighted by Gasteiger charge is -2.20. The van der Waals surface area contributed by atoms with Crippen LogP contribution in [0.25, 0.3) is 0 Å². The second-order valence-corrected chi connectivity index (χ2v) is 6.23. The Bertz CT molecular complexity index is 704. The van der Waals surface area contributed by atoms with Gasteiger partial charge in [0, 0.05) is 6.54 Å². The zero-order valence-corrected chi connectivity index (χ0v) is 14.9. The summed E-state index contributed by atoms with van der Waals surface area (Å²) in [4.78, 5) is 11.9. The molecule has 2 aromatic rings. The van der Waals surface area contributed by atoms with Crippen LogP contribution in [0.2, 0.25) is 0 Å². The summed E-state index contributed by atoms with van der Waals surface area (Å²) in [6.07, 6.45) is 0.102. The third-order valence-electron chi connectivity index (χ3n) is 3.77. The monoisotopic (exact) mass is 344 g/mol. The van der Waals surface area contributed by atoms with E-state index >= 15 is 0 Å². The standard InChI is InChI=1S/C20H25FN2O2/c1-14(2)18-9-4-5-10-19(18)25-15(3)23-20(24)22-12-11-16-7-6-8-17(21)13-16/h4-10,13-15H,11-12H2,1-3H3,(H2,22,23,24). The van der Waals surface area contributed by atoms with Gasteiger partial charge in [-0.1, -0.05) is 44.2 Å². The molecule has 4 nitrogen and oxygen atoms in total. The Morgan fingerprint density at radius 1 is 1.12 bits per heavy atom. The lowest BCUT2D eigenvalue weighted by molar-refractivity contribution is 0.175. The number of halogens is 1. The van der Waals surface area contributed by atoms with Crippen molar-refractivity contribution in [2.45, 2.75) is 39.3 Å². The minimum atomic E-state index is -0.464. The van der Waals surface area contributed by atoms with Gasteiger partial charge in [0.05, 0.1) is 0 Å². The van der Waals surface area contributed by atoms with Gasteiger partial charge < -0.3 is 15.4 Å². The molecule has 0 fully saturated rings. The first-order valence-corrected chi connectivity index (χ1v) is 8.50. The molecule has 0 aromatic heterocycles. The van der Waals surface area contributed by atoms with Gasteiger partial charge in [-0.25, -0.2) is 9.18 Å². The van der Waals surface area contributed by atoms with Crippen molar-refractivity contribution in [3.8, 4) is 5.75 Å². The fourth-order valence-electron chi connectivity index (χ4n) is 2.53. The van der Waals surface area contributed by atoms with Crippen molar-refractivity contribution >= 4 is 6.03 Å². The molecule has 2 amide bonds. The highest BCUT2D eigenvalue weighted by atomic mass is 19.1. The van der Waals surface area contributed by atoms with Gasteiger partial charge in [0.2, 0.25) is 0 Å². The topological polar surface area (TPSA) is 50.4 Å². The van der Waals surface area contributed by atoms with E-state index in [1.807, 2.05) is 30.3 Å². The number of urea groups is 1. The van der Waals surface area contributed by atoms with E-state index in [0.717, 1.165) is 16.9 Å². The quantitative estimate of drug-likeness (QED) is 0.739. The number of para-hydroxylation sites is 1. The van der Waals surface area contributed by atoms with Gasteiger partial charge >= 0.3 is 6.03 Å². The summed E-state index contributed by atoms with van der Waals surface area (Å²) in [5.41, 5.74) is 1.94. The van der Waals surface area contributed by atoms with Gasteiger partial charge in [-0.15, -0.1) is 0 Å². The Morgan fingerprint density at radius 2 is 1.88 bits per heavy atom. The third kappa shape index (κ3) is 6.10. The molecule has 0 radical (unpaired) electrons. The van der Waals surface area contributed by atoms with Crippen LogP contribution in [-0.4, -0.2) is 18.8 Å². The van der Waals surface area contributed by atoms with Crippen molar-refractivity contribution < 1.29 is 13.9 Å². The maximum absolute atomic E-state index is 13.1. The minimum absolute atomic E-state index is 0.271. The smallest absolute Gasteiger partial charge is 0.317 e. The molecule has 0 heterocycles. The molecule has 2 N–H and O–H groups in total. The maximum Gasteiger partial charge on any atom is 0.317 e. The molecule has 0 bridgehead atoms. The molecule has 0 aliphatic carbocycles. The normalized spacial score (nSPS) is 11.9. The van der Waals surface area contributed by atoms with E-state index in [9.17, 15) is 9.18 Å². The number of hydrogen-bond acceptors (Lipinski definition) is 2. The number of hydrogen-bond donors (Lipinski definition) is 2. The van der Waals surface area contributed by atoms with Crippen LogP contribution < -0.4 is 15.4 Å². The molecule has 1 unspecified atom stereocenters. The maximum atomic E-state index is 13.1. The fraction of sp³-hybridized carbons (Fsp3) is 0.350. The molecular weight excluding hydrogens is 319 g/mol. The summed E-state index contributed by atoms with van der Waals surface area (Å²) < 4.78 is 18.9. The SMILES string of the molecule is CC(NC(=O)NCCc1cccc(F)c1)Oc1ccccc1C(C)C. The highest BCUT2D eigenvalue weighted by Crippen LogP contribution is 2.26. The van der Waals surface area contributed by atoms with E-state index in [1.165, 1.54) is 12.1 Å². The van der Waals surface area contributed by atoms with Crippen LogP contribution in [0.1, 0.15) is 37.8 Å². The Hall–Kier alpha value is -2.56. The van der Waals surface area contributed by atoms with Crippen LogP contribution in [0.15, 0.2) is 48.5 Å². The zero-order valence-electron chi connectivity index (χ0n) is 14.9. The fourth-order valence-corrected chi connectivity index (χ4v) is 2.53. The molecule has 1 atom stereocenters. The molecule has 134 valence electrons. The number of benzene rings is 2. The Morgan fingerprint density at radius 3 is 2.60 bits per heavy atom. The van der Waals surface area contributed by atoms with Crippen LogP contribution in [0.3, 0.4) is 0 Å². The summed E-state index contributed by atoms with van der Waals surface area (Å²) in [5, 5.41) is 5.50. The highest BCUT2D eigenvalue weighted by molar-refractivity contribution is 5.74. The van der Waals surface area contributed by atoms with E-state index in [2.05, 4.69) is 24.5 Å². The molecule has 0 spiro atoms. The van der Waals surface area contributed by atoms with Crippen LogP contribution in [0.5, 0.6) is 5.75 Å². The van der Waals surface area contributed by atoms with Crippen molar-refractivity contribution in [2.24, 2.45) is 0 Å². The number of carbonyl (C=O) groups excluding carboxylic acids is 1. The van der Waals surface area contributed by atoms with Crippen molar-refractivity contribution in [1.29, 1.82) is 0 Å². The Kier molecular flexibility index (Phi) is 6.81. The van der Waals surface area contributed by atoms with E-state index in [1.54, 1.807) is 13.0 Å². The van der Waals surface area contributed by atoms with E-state index in [4.69, 9.17) is 4.74 Å². The summed E-state index contributed by atoms with van der Waals surface area (Å²) in [6.45, 7) is 6.40. The van der Waals surface area contributed by atoms with Crippen molar-refractivity contribution in [3.05, 3.63) is 65.5 Å². The summed E-state index contributed by atoms with van der Waals surface area (Å²) in [6, 6.07) is 13.8. The highest BCUT2D eigenvalue weighted by Gasteiger charge is 2.12. The number of amides is 2. The Labute approximate surface area is 148 Å². The second kappa shape index (κ2) is 9.06. The van der Waals surface area contributed by atoms with Crippen LogP contribution >= 0.6 is 0 Å². The number of carbonyl (C=O) groups is 1. The summed E-state index contributed by atoms with van der Waals surface area (Å²) in [7, 11) is 0. The van der Waals surface area contributed by atoms with Gasteiger partial charge in [-0.3, -0.25) is 0 Å². The molecule has 25 heavy (non-hydrogen) atoms. The summed E-state index contributed by atoms with van der Waals surface area (Å²) in [5.74, 6) is 0.835. The van der Waals surface area contributed by atoms with Gasteiger partial charge in [-0.2, -0.15) is 0 Å². The first-order chi connectivity index (χ1) is 12.0. The first-order valence-electron chi connectivity index (χ1n) is 8.50. The number of rotatable bonds is 7. The van der Waals surface area contributed by atoms with Crippen molar-refractivity contribution in [3.63, 3.8) is 0 Å². The molecule has 0 aliphatic rings. The van der Waals surface area contributed by atoms with Crippen LogP contribution in [0.4, 0.5) is 9.18 Å². The molecule has 5 heteroatoms. The average molecular weight is 344 g/mol. The third-order valence-corrected chi connectivity index (χ3v) is 3.77. The average Bonchev–Trinajstić information content (AvgIpc) is 2.55. The van der Waals surface area contributed by atoms with E-state index in [0.29, 0.717) is 18.9 Å². The molecule has 0 saturated carbocycles. The van der Waals surface area contributed by atoms with Crippen molar-refractivity contribution in [1.82, 2.24) is 10.6 Å². The van der Waals surface area contributed by atoms with Gasteiger partial charge in [-0.05, 0) is 48.6 Å². The lowest BCUT2D eigenvalue weighted by atomic mass is 10.0. The predicted molar refractivity (Wildman–Crippen MR) is 97.3 cm³/mol. The van der Waals surface area contributed by atoms with Crippen molar-refractivity contribution in [2.75, 3.05) is 6.54 Å². The molecule has 2 rings (SSSR count). The lowest BCUT2D eigenvalue weighted by Crippen LogP contribution is -2.44. The minimum Gasteiger partial charge on any atom is -0.471 e. The predicted octanol–water partition coefficient (Wildman–Crippen LogP) is 4.22. The van der Waals surface area contributed by atoms with Crippen LogP contribution in [0, 0.1) is 5.82 Å². The first kappa shape index (κ1) is 18.8. The van der Waals surface area contributed by atoms with Gasteiger partial charge in [0.1, 0.15) is 11.6 Å². The number of ether oxygens (including phenoxy) is 1. The zero-order chi connectivity index (χ0) is 18.2. The summed E-state index contributed by atoms with van der Waals surface area (Å²) >= 11 is 0. The molecule has 0 saturated heterocycles. The van der Waals surface area contributed by atoms with Crippen LogP contribution in [-0.2, 0) is 6.42 Å². The number of nitrogens with one attached hydrogen (secondary N) is 2. The molecule has 0 aliphatic heterocycles. The largest absolute Gasteiger partial charge is 0.471 e. The Balaban J connectivity index is 1.78. The molecule has 2 aromatic carbocycles.